The van der Waals surface area contributed by atoms with E-state index in [1.807, 2.05) is 72.5 Å². The zero-order valence-electron chi connectivity index (χ0n) is 21.3. The third kappa shape index (κ3) is 7.14. The van der Waals surface area contributed by atoms with Crippen molar-refractivity contribution in [2.75, 3.05) is 11.9 Å². The molecule has 192 valence electrons. The largest absolute Gasteiger partial charge is 0.389 e. The van der Waals surface area contributed by atoms with Crippen LogP contribution >= 0.6 is 0 Å². The summed E-state index contributed by atoms with van der Waals surface area (Å²) in [6, 6.07) is 17.0. The van der Waals surface area contributed by atoms with E-state index in [0.29, 0.717) is 30.8 Å². The van der Waals surface area contributed by atoms with Crippen LogP contribution in [0.25, 0.3) is 16.8 Å². The smallest absolute Gasteiger partial charge is 0.258 e. The highest BCUT2D eigenvalue weighted by molar-refractivity contribution is 6.04. The summed E-state index contributed by atoms with van der Waals surface area (Å²) in [7, 11) is 1.85. The maximum absolute atomic E-state index is 13.2. The lowest BCUT2D eigenvalue weighted by Crippen LogP contribution is -2.38. The van der Waals surface area contributed by atoms with Crippen molar-refractivity contribution in [3.8, 4) is 16.8 Å². The molecule has 0 saturated carbocycles. The number of aliphatic hydroxyl groups is 1. The number of imidazole rings is 1. The van der Waals surface area contributed by atoms with Crippen LogP contribution in [0.3, 0.4) is 0 Å². The molecule has 0 radical (unpaired) electrons. The Labute approximate surface area is 216 Å². The number of rotatable bonds is 10. The normalized spacial score (nSPS) is 11.4. The number of benzene rings is 2. The second-order valence-corrected chi connectivity index (χ2v) is 9.64. The molecule has 4 aromatic rings. The van der Waals surface area contributed by atoms with E-state index in [4.69, 9.17) is 0 Å². The van der Waals surface area contributed by atoms with Crippen LogP contribution in [0.5, 0.6) is 0 Å². The number of hydrogen-bond donors (Lipinski definition) is 3. The highest BCUT2D eigenvalue weighted by Crippen LogP contribution is 2.22. The van der Waals surface area contributed by atoms with Crippen LogP contribution in [0, 0.1) is 0 Å². The fourth-order valence-corrected chi connectivity index (χ4v) is 3.84. The Bertz CT molecular complexity index is 1370. The van der Waals surface area contributed by atoms with E-state index < -0.39 is 5.60 Å². The Morgan fingerprint density at radius 1 is 1.03 bits per heavy atom. The van der Waals surface area contributed by atoms with Gasteiger partial charge in [-0.15, -0.1) is 0 Å². The average Bonchev–Trinajstić information content (AvgIpc) is 3.49. The predicted octanol–water partition coefficient (Wildman–Crippen LogP) is 3.73. The highest BCUT2D eigenvalue weighted by Gasteiger charge is 2.16. The maximum Gasteiger partial charge on any atom is 0.258 e. The van der Waals surface area contributed by atoms with E-state index in [2.05, 4.69) is 20.7 Å². The molecule has 0 aliphatic carbocycles. The topological polar surface area (TPSA) is 114 Å². The molecule has 0 bridgehead atoms. The SMILES string of the molecule is Cn1cc(-c2cccc(C(=O)Nc3nc(CCCC(=O)NCC(C)(C)O)cn3-c3ccccc3)c2)cn1. The van der Waals surface area contributed by atoms with Gasteiger partial charge in [0.2, 0.25) is 11.9 Å². The van der Waals surface area contributed by atoms with Crippen LogP contribution < -0.4 is 10.6 Å². The average molecular weight is 501 g/mol. The predicted molar refractivity (Wildman–Crippen MR) is 142 cm³/mol. The lowest BCUT2D eigenvalue weighted by Gasteiger charge is -2.17. The summed E-state index contributed by atoms with van der Waals surface area (Å²) in [5.74, 6) is 0.0159. The van der Waals surface area contributed by atoms with Gasteiger partial charge in [0.15, 0.2) is 0 Å². The summed E-state index contributed by atoms with van der Waals surface area (Å²) < 4.78 is 3.56. The van der Waals surface area contributed by atoms with Crippen molar-refractivity contribution >= 4 is 17.8 Å². The molecular formula is C28H32N6O3. The molecule has 0 saturated heterocycles. The summed E-state index contributed by atoms with van der Waals surface area (Å²) in [5.41, 5.74) is 3.01. The first-order valence-corrected chi connectivity index (χ1v) is 12.2. The van der Waals surface area contributed by atoms with Crippen LogP contribution in [0.2, 0.25) is 0 Å². The molecule has 0 fully saturated rings. The van der Waals surface area contributed by atoms with Crippen molar-refractivity contribution < 1.29 is 14.7 Å². The maximum atomic E-state index is 13.2. The quantitative estimate of drug-likeness (QED) is 0.307. The standard InChI is InChI=1S/C28H32N6O3/c1-28(2,37)19-29-25(35)14-8-11-23-18-34(24-12-5-4-6-13-24)27(31-23)32-26(36)21-10-7-9-20(15-21)22-16-30-33(3)17-22/h4-7,9-10,12-13,15-18,37H,8,11,14,19H2,1-3H3,(H,29,35)(H,31,32,36). The molecule has 0 unspecified atom stereocenters. The van der Waals surface area contributed by atoms with E-state index in [0.717, 1.165) is 22.5 Å². The van der Waals surface area contributed by atoms with E-state index in [9.17, 15) is 14.7 Å². The van der Waals surface area contributed by atoms with E-state index in [1.54, 1.807) is 30.8 Å². The van der Waals surface area contributed by atoms with Gasteiger partial charge >= 0.3 is 0 Å². The number of para-hydroxylation sites is 1. The molecule has 2 amide bonds. The minimum Gasteiger partial charge on any atom is -0.389 e. The van der Waals surface area contributed by atoms with Gasteiger partial charge in [0, 0.05) is 49.2 Å². The molecule has 4 rings (SSSR count). The summed E-state index contributed by atoms with van der Waals surface area (Å²) in [6.07, 6.45) is 7.01. The van der Waals surface area contributed by atoms with Gasteiger partial charge in [-0.2, -0.15) is 5.10 Å². The summed E-state index contributed by atoms with van der Waals surface area (Å²) >= 11 is 0. The van der Waals surface area contributed by atoms with Crippen LogP contribution in [0.1, 0.15) is 42.7 Å². The van der Waals surface area contributed by atoms with Crippen LogP contribution in [0.4, 0.5) is 5.95 Å². The minimum absolute atomic E-state index is 0.119. The van der Waals surface area contributed by atoms with Crippen molar-refractivity contribution in [1.29, 1.82) is 0 Å². The highest BCUT2D eigenvalue weighted by atomic mass is 16.3. The lowest BCUT2D eigenvalue weighted by molar-refractivity contribution is -0.122. The number of amides is 2. The van der Waals surface area contributed by atoms with Crippen molar-refractivity contribution in [3.05, 3.63) is 84.4 Å². The number of carbonyl (C=O) groups is 2. The van der Waals surface area contributed by atoms with Crippen molar-refractivity contribution in [3.63, 3.8) is 0 Å². The first-order chi connectivity index (χ1) is 17.7. The van der Waals surface area contributed by atoms with Gasteiger partial charge in [-0.1, -0.05) is 30.3 Å². The number of carbonyl (C=O) groups excluding carboxylic acids is 2. The molecule has 37 heavy (non-hydrogen) atoms. The minimum atomic E-state index is -0.950. The van der Waals surface area contributed by atoms with E-state index in [-0.39, 0.29) is 18.4 Å². The molecule has 0 atom stereocenters. The Balaban J connectivity index is 1.48. The number of aryl methyl sites for hydroxylation is 2. The first kappa shape index (κ1) is 25.8. The molecule has 0 aliphatic rings. The molecule has 2 heterocycles. The molecule has 9 nitrogen and oxygen atoms in total. The molecule has 0 aliphatic heterocycles. The monoisotopic (exact) mass is 500 g/mol. The van der Waals surface area contributed by atoms with Crippen molar-refractivity contribution in [2.24, 2.45) is 7.05 Å². The van der Waals surface area contributed by atoms with E-state index >= 15 is 0 Å². The van der Waals surface area contributed by atoms with Gasteiger partial charge in [-0.25, -0.2) is 4.98 Å². The number of hydrogen-bond acceptors (Lipinski definition) is 5. The van der Waals surface area contributed by atoms with Crippen LogP contribution in [0.15, 0.2) is 73.2 Å². The molecular weight excluding hydrogens is 468 g/mol. The zero-order chi connectivity index (χ0) is 26.4. The fourth-order valence-electron chi connectivity index (χ4n) is 3.84. The molecule has 2 aromatic heterocycles. The van der Waals surface area contributed by atoms with Gasteiger partial charge < -0.3 is 10.4 Å². The Hall–Kier alpha value is -4.24. The van der Waals surface area contributed by atoms with Gasteiger partial charge in [-0.3, -0.25) is 24.2 Å². The Morgan fingerprint density at radius 3 is 2.51 bits per heavy atom. The molecule has 9 heteroatoms. The van der Waals surface area contributed by atoms with Gasteiger partial charge in [-0.05, 0) is 56.5 Å². The van der Waals surface area contributed by atoms with Crippen LogP contribution in [-0.2, 0) is 18.3 Å². The van der Waals surface area contributed by atoms with Crippen molar-refractivity contribution in [2.45, 2.75) is 38.7 Å². The molecule has 3 N–H and O–H groups in total. The number of anilines is 1. The van der Waals surface area contributed by atoms with E-state index in [1.165, 1.54) is 0 Å². The third-order valence-corrected chi connectivity index (χ3v) is 5.73. The first-order valence-electron chi connectivity index (χ1n) is 12.2. The van der Waals surface area contributed by atoms with Gasteiger partial charge in [0.1, 0.15) is 0 Å². The van der Waals surface area contributed by atoms with Crippen LogP contribution in [-0.4, -0.2) is 48.4 Å². The fraction of sp³-hybridized carbons (Fsp3) is 0.286. The summed E-state index contributed by atoms with van der Waals surface area (Å²) in [5, 5.41) is 19.7. The number of nitrogens with zero attached hydrogens (tertiary/aromatic N) is 4. The number of aromatic nitrogens is 4. The van der Waals surface area contributed by atoms with Gasteiger partial charge in [0.05, 0.1) is 17.5 Å². The second-order valence-electron chi connectivity index (χ2n) is 9.64. The zero-order valence-corrected chi connectivity index (χ0v) is 21.3. The number of nitrogens with one attached hydrogen (secondary N) is 2. The summed E-state index contributed by atoms with van der Waals surface area (Å²) in [6.45, 7) is 3.50. The molecule has 0 spiro atoms. The second kappa shape index (κ2) is 11.2. The Morgan fingerprint density at radius 2 is 1.81 bits per heavy atom. The third-order valence-electron chi connectivity index (χ3n) is 5.73. The molecule has 2 aromatic carbocycles. The van der Waals surface area contributed by atoms with Crippen molar-refractivity contribution in [1.82, 2.24) is 24.6 Å². The summed E-state index contributed by atoms with van der Waals surface area (Å²) in [4.78, 5) is 30.0. The Kier molecular flexibility index (Phi) is 7.83. The lowest BCUT2D eigenvalue weighted by atomic mass is 10.1. The van der Waals surface area contributed by atoms with Gasteiger partial charge in [0.25, 0.3) is 5.91 Å².